The van der Waals surface area contributed by atoms with Gasteiger partial charge in [-0.3, -0.25) is 4.79 Å². The first-order valence-corrected chi connectivity index (χ1v) is 12.6. The van der Waals surface area contributed by atoms with Crippen LogP contribution in [0.4, 0.5) is 31.5 Å². The fourth-order valence-electron chi connectivity index (χ4n) is 4.67. The monoisotopic (exact) mass is 542 g/mol. The molecule has 4 nitrogen and oxygen atoms in total. The maximum Gasteiger partial charge on any atom is 0.416 e. The number of carbonyl (C=O) groups is 1. The second-order valence-electron chi connectivity index (χ2n) is 9.00. The molecule has 1 aliphatic carbocycles. The number of carboxylic acid groups (broad SMARTS) is 1. The smallest absolute Gasteiger partial charge is 0.416 e. The number of hydrogen-bond donors (Lipinski definition) is 1. The number of anilines is 1. The zero-order valence-corrected chi connectivity index (χ0v) is 20.3. The number of aromatic nitrogens is 1. The van der Waals surface area contributed by atoms with Gasteiger partial charge in [-0.05, 0) is 48.2 Å². The van der Waals surface area contributed by atoms with Crippen LogP contribution in [0.1, 0.15) is 66.0 Å². The number of thiazole rings is 1. The SMILES string of the molecule is O=C(O)CCN(c1nc(C(c2ccc(C(F)(F)F)cc2)c2ccc(C(F)(F)F)cc2)cs1)C1CCCC1. The lowest BCUT2D eigenvalue weighted by atomic mass is 9.88. The number of aliphatic carboxylic acids is 1. The summed E-state index contributed by atoms with van der Waals surface area (Å²) in [5.41, 5.74) is -0.298. The lowest BCUT2D eigenvalue weighted by molar-refractivity contribution is -0.138. The summed E-state index contributed by atoms with van der Waals surface area (Å²) in [6.07, 6.45) is -5.29. The lowest BCUT2D eigenvalue weighted by Gasteiger charge is -2.28. The van der Waals surface area contributed by atoms with E-state index in [1.165, 1.54) is 35.6 Å². The first-order valence-electron chi connectivity index (χ1n) is 11.7. The van der Waals surface area contributed by atoms with E-state index >= 15 is 0 Å². The number of benzene rings is 2. The van der Waals surface area contributed by atoms with Crippen LogP contribution in [0.15, 0.2) is 53.9 Å². The Bertz CT molecular complexity index is 1140. The lowest BCUT2D eigenvalue weighted by Crippen LogP contribution is -2.35. The van der Waals surface area contributed by atoms with Crippen molar-refractivity contribution in [1.82, 2.24) is 4.98 Å². The van der Waals surface area contributed by atoms with Crippen molar-refractivity contribution in [2.45, 2.75) is 56.4 Å². The Kier molecular flexibility index (Phi) is 7.82. The summed E-state index contributed by atoms with van der Waals surface area (Å²) < 4.78 is 78.8. The van der Waals surface area contributed by atoms with Crippen molar-refractivity contribution in [3.05, 3.63) is 81.9 Å². The van der Waals surface area contributed by atoms with Crippen molar-refractivity contribution in [1.29, 1.82) is 0 Å². The molecule has 0 atom stereocenters. The van der Waals surface area contributed by atoms with Crippen molar-refractivity contribution in [2.75, 3.05) is 11.4 Å². The minimum Gasteiger partial charge on any atom is -0.481 e. The quantitative estimate of drug-likeness (QED) is 0.298. The van der Waals surface area contributed by atoms with E-state index in [1.807, 2.05) is 4.90 Å². The van der Waals surface area contributed by atoms with E-state index in [1.54, 1.807) is 5.38 Å². The van der Waals surface area contributed by atoms with Crippen LogP contribution in [0.3, 0.4) is 0 Å². The molecular weight excluding hydrogens is 518 g/mol. The molecule has 4 rings (SSSR count). The third-order valence-corrected chi connectivity index (χ3v) is 7.42. The molecule has 1 saturated carbocycles. The number of rotatable bonds is 8. The third kappa shape index (κ3) is 6.44. The second kappa shape index (κ2) is 10.7. The number of nitrogens with zero attached hydrogens (tertiary/aromatic N) is 2. The zero-order valence-electron chi connectivity index (χ0n) is 19.5. The van der Waals surface area contributed by atoms with Crippen LogP contribution in [0.2, 0.25) is 0 Å². The molecule has 3 aromatic rings. The molecule has 0 bridgehead atoms. The molecule has 0 aliphatic heterocycles. The molecule has 37 heavy (non-hydrogen) atoms. The highest BCUT2D eigenvalue weighted by Gasteiger charge is 2.33. The van der Waals surface area contributed by atoms with Gasteiger partial charge in [0.05, 0.1) is 29.2 Å². The molecule has 1 heterocycles. The first-order chi connectivity index (χ1) is 17.4. The van der Waals surface area contributed by atoms with Crippen LogP contribution in [0, 0.1) is 0 Å². The Balaban J connectivity index is 1.73. The van der Waals surface area contributed by atoms with Gasteiger partial charge in [0.2, 0.25) is 0 Å². The number of hydrogen-bond acceptors (Lipinski definition) is 4. The summed E-state index contributed by atoms with van der Waals surface area (Å²) in [6.45, 7) is 0.262. The van der Waals surface area contributed by atoms with E-state index in [0.29, 0.717) is 22.0 Å². The Morgan fingerprint density at radius 3 is 1.84 bits per heavy atom. The summed E-state index contributed by atoms with van der Waals surface area (Å²) in [7, 11) is 0. The van der Waals surface area contributed by atoms with E-state index in [2.05, 4.69) is 0 Å². The van der Waals surface area contributed by atoms with E-state index in [-0.39, 0.29) is 19.0 Å². The summed E-state index contributed by atoms with van der Waals surface area (Å²) in [5.74, 6) is -1.65. The van der Waals surface area contributed by atoms with Gasteiger partial charge in [-0.2, -0.15) is 26.3 Å². The van der Waals surface area contributed by atoms with Gasteiger partial charge in [-0.15, -0.1) is 11.3 Å². The highest BCUT2D eigenvalue weighted by molar-refractivity contribution is 7.13. The molecule has 1 fully saturated rings. The molecule has 0 saturated heterocycles. The third-order valence-electron chi connectivity index (χ3n) is 6.53. The van der Waals surface area contributed by atoms with Crippen LogP contribution in [-0.4, -0.2) is 28.6 Å². The van der Waals surface area contributed by atoms with Gasteiger partial charge in [0.1, 0.15) is 0 Å². The van der Waals surface area contributed by atoms with E-state index in [4.69, 9.17) is 4.98 Å². The minimum absolute atomic E-state index is 0.0767. The zero-order chi connectivity index (χ0) is 26.8. The Labute approximate surface area is 213 Å². The maximum absolute atomic E-state index is 13.1. The van der Waals surface area contributed by atoms with Crippen molar-refractivity contribution < 1.29 is 36.2 Å². The molecule has 1 aliphatic rings. The maximum atomic E-state index is 13.1. The van der Waals surface area contributed by atoms with Crippen LogP contribution >= 0.6 is 11.3 Å². The van der Waals surface area contributed by atoms with Crippen molar-refractivity contribution in [3.8, 4) is 0 Å². The topological polar surface area (TPSA) is 53.4 Å². The molecule has 0 spiro atoms. The van der Waals surface area contributed by atoms with E-state index < -0.39 is 35.4 Å². The molecule has 1 N–H and O–H groups in total. The van der Waals surface area contributed by atoms with Gasteiger partial charge in [-0.25, -0.2) is 4.98 Å². The largest absolute Gasteiger partial charge is 0.481 e. The fraction of sp³-hybridized carbons (Fsp3) is 0.385. The Morgan fingerprint density at radius 2 is 1.41 bits per heavy atom. The highest BCUT2D eigenvalue weighted by Crippen LogP contribution is 2.39. The van der Waals surface area contributed by atoms with Crippen molar-refractivity contribution in [2.24, 2.45) is 0 Å². The second-order valence-corrected chi connectivity index (χ2v) is 9.84. The molecule has 1 aromatic heterocycles. The normalized spacial score (nSPS) is 14.9. The number of carboxylic acids is 1. The Morgan fingerprint density at radius 1 is 0.919 bits per heavy atom. The van der Waals surface area contributed by atoms with Gasteiger partial charge < -0.3 is 10.0 Å². The van der Waals surface area contributed by atoms with Gasteiger partial charge in [-0.1, -0.05) is 37.1 Å². The van der Waals surface area contributed by atoms with Gasteiger partial charge in [0, 0.05) is 18.0 Å². The van der Waals surface area contributed by atoms with Crippen molar-refractivity contribution in [3.63, 3.8) is 0 Å². The average molecular weight is 543 g/mol. The molecule has 0 amide bonds. The summed E-state index contributed by atoms with van der Waals surface area (Å²) in [6, 6.07) is 9.14. The van der Waals surface area contributed by atoms with Crippen molar-refractivity contribution >= 4 is 22.4 Å². The van der Waals surface area contributed by atoms with E-state index in [0.717, 1.165) is 49.9 Å². The summed E-state index contributed by atoms with van der Waals surface area (Å²) in [4.78, 5) is 17.9. The summed E-state index contributed by atoms with van der Waals surface area (Å²) in [5, 5.41) is 11.5. The number of halogens is 6. The van der Waals surface area contributed by atoms with E-state index in [9.17, 15) is 36.2 Å². The molecular formula is C26H24F6N2O2S. The standard InChI is InChI=1S/C26H24F6N2O2S/c27-25(28,29)18-9-5-16(6-10-18)23(17-7-11-19(12-8-17)26(30,31)32)21-15-37-24(33-21)34(14-13-22(35)36)20-3-1-2-4-20/h5-12,15,20,23H,1-4,13-14H2,(H,35,36). The van der Waals surface area contributed by atoms with Crippen LogP contribution in [0.25, 0.3) is 0 Å². The number of alkyl halides is 6. The molecule has 198 valence electrons. The van der Waals surface area contributed by atoms with Gasteiger partial charge >= 0.3 is 18.3 Å². The molecule has 2 aromatic carbocycles. The highest BCUT2D eigenvalue weighted by atomic mass is 32.1. The predicted molar refractivity (Wildman–Crippen MR) is 128 cm³/mol. The van der Waals surface area contributed by atoms with Crippen LogP contribution in [0.5, 0.6) is 0 Å². The molecule has 11 heteroatoms. The van der Waals surface area contributed by atoms with Crippen LogP contribution in [-0.2, 0) is 17.1 Å². The minimum atomic E-state index is -4.53. The first kappa shape index (κ1) is 27.0. The molecule has 0 unspecified atom stereocenters. The summed E-state index contributed by atoms with van der Waals surface area (Å²) >= 11 is 1.29. The fourth-order valence-corrected chi connectivity index (χ4v) is 5.62. The average Bonchev–Trinajstić information content (AvgIpc) is 3.52. The molecule has 0 radical (unpaired) electrons. The van der Waals surface area contributed by atoms with Gasteiger partial charge in [0.25, 0.3) is 0 Å². The Hall–Kier alpha value is -3.08. The predicted octanol–water partition coefficient (Wildman–Crippen LogP) is 7.58. The van der Waals surface area contributed by atoms with Crippen LogP contribution < -0.4 is 4.90 Å². The van der Waals surface area contributed by atoms with Gasteiger partial charge in [0.15, 0.2) is 5.13 Å².